The van der Waals surface area contributed by atoms with E-state index in [1.165, 1.54) is 17.2 Å². The molecule has 28 heavy (non-hydrogen) atoms. The van der Waals surface area contributed by atoms with E-state index < -0.39 is 18.8 Å². The maximum atomic E-state index is 12.6. The number of hydrogen-bond acceptors (Lipinski definition) is 7. The van der Waals surface area contributed by atoms with Gasteiger partial charge in [0.25, 0.3) is 5.91 Å². The summed E-state index contributed by atoms with van der Waals surface area (Å²) in [6.45, 7) is 0.451. The number of fused-ring (bicyclic) bond motifs is 1. The van der Waals surface area contributed by atoms with Crippen molar-refractivity contribution in [1.82, 2.24) is 20.7 Å². The summed E-state index contributed by atoms with van der Waals surface area (Å²) in [6, 6.07) is 1.52. The number of ether oxygens (including phenoxy) is 1. The number of hydrogen-bond donors (Lipinski definition) is 2. The van der Waals surface area contributed by atoms with Crippen LogP contribution in [0.4, 0.5) is 13.2 Å². The first-order chi connectivity index (χ1) is 13.2. The molecule has 0 aliphatic carbocycles. The van der Waals surface area contributed by atoms with E-state index in [1.807, 2.05) is 9.47 Å². The van der Waals surface area contributed by atoms with Crippen LogP contribution < -0.4 is 10.9 Å². The van der Waals surface area contributed by atoms with E-state index in [-0.39, 0.29) is 30.6 Å². The van der Waals surface area contributed by atoms with Gasteiger partial charge in [-0.25, -0.2) is 9.78 Å². The van der Waals surface area contributed by atoms with E-state index >= 15 is 0 Å². The highest BCUT2D eigenvalue weighted by Crippen LogP contribution is 2.27. The Morgan fingerprint density at radius 3 is 2.79 bits per heavy atom. The van der Waals surface area contributed by atoms with Crippen molar-refractivity contribution in [2.75, 3.05) is 13.2 Å². The molecule has 1 amide bonds. The van der Waals surface area contributed by atoms with Gasteiger partial charge in [-0.2, -0.15) is 13.2 Å². The molecule has 3 heterocycles. The van der Waals surface area contributed by atoms with Gasteiger partial charge >= 0.3 is 12.1 Å². The fourth-order valence-corrected chi connectivity index (χ4v) is 2.95. The molecule has 1 aromatic heterocycles. The Balaban J connectivity index is 1.72. The number of aromatic nitrogens is 1. The average molecular weight is 416 g/mol. The predicted octanol–water partition coefficient (Wildman–Crippen LogP) is 1.79. The van der Waals surface area contributed by atoms with Crippen LogP contribution in [-0.4, -0.2) is 41.1 Å². The monoisotopic (exact) mass is 416 g/mol. The summed E-state index contributed by atoms with van der Waals surface area (Å²) in [6.07, 6.45) is -1.51. The highest BCUT2D eigenvalue weighted by molar-refractivity contribution is 7.10. The lowest BCUT2D eigenvalue weighted by molar-refractivity contribution is -0.166. The Bertz CT molecular complexity index is 885. The molecule has 150 valence electrons. The zero-order valence-corrected chi connectivity index (χ0v) is 15.7. The van der Waals surface area contributed by atoms with Crippen LogP contribution in [0.1, 0.15) is 33.3 Å². The Hall–Kier alpha value is -2.81. The number of allylic oxidation sites excluding steroid dienone is 2. The highest BCUT2D eigenvalue weighted by Gasteiger charge is 2.33. The van der Waals surface area contributed by atoms with Crippen molar-refractivity contribution in [3.8, 4) is 0 Å². The minimum atomic E-state index is -4.45. The van der Waals surface area contributed by atoms with Crippen LogP contribution in [-0.2, 0) is 15.8 Å². The van der Waals surface area contributed by atoms with Crippen molar-refractivity contribution in [1.29, 1.82) is 0 Å². The Labute approximate surface area is 160 Å². The largest absolute Gasteiger partial charge is 0.468 e. The van der Waals surface area contributed by atoms with Crippen LogP contribution >= 0.6 is 9.47 Å². The predicted molar refractivity (Wildman–Crippen MR) is 93.2 cm³/mol. The van der Waals surface area contributed by atoms with Gasteiger partial charge in [0.2, 0.25) is 5.88 Å². The lowest BCUT2D eigenvalue weighted by Gasteiger charge is -2.25. The number of nitrogens with zero attached hydrogens (tertiary/aromatic N) is 2. The zero-order chi connectivity index (χ0) is 20.5. The normalized spacial score (nSPS) is 16.2. The number of pyridine rings is 1. The van der Waals surface area contributed by atoms with Crippen LogP contribution in [0.25, 0.3) is 0 Å². The molecule has 8 nitrogen and oxygen atoms in total. The third-order valence-electron chi connectivity index (χ3n) is 4.05. The number of rotatable bonds is 5. The third kappa shape index (κ3) is 4.19. The SMILES string of the molecule is CC1=C(OCC(F)(F)F)NNC(CN2Cc3c(ccnc3C(=O)OP)C2=O)=C1. The summed E-state index contributed by atoms with van der Waals surface area (Å²) < 4.78 is 46.1. The topological polar surface area (TPSA) is 92.8 Å². The number of carbonyl (C=O) groups is 2. The van der Waals surface area contributed by atoms with E-state index in [4.69, 9.17) is 4.74 Å². The van der Waals surface area contributed by atoms with Crippen LogP contribution in [0.15, 0.2) is 35.5 Å². The van der Waals surface area contributed by atoms with Crippen LogP contribution in [0.3, 0.4) is 0 Å². The first-order valence-corrected chi connectivity index (χ1v) is 8.48. The number of halogens is 3. The quantitative estimate of drug-likeness (QED) is 0.707. The molecule has 0 saturated heterocycles. The average Bonchev–Trinajstić information content (AvgIpc) is 2.95. The fraction of sp³-hybridized carbons (Fsp3) is 0.312. The molecule has 2 aliphatic rings. The summed E-state index contributed by atoms with van der Waals surface area (Å²) in [5.41, 5.74) is 7.13. The van der Waals surface area contributed by atoms with E-state index in [0.29, 0.717) is 22.4 Å². The third-order valence-corrected chi connectivity index (χ3v) is 4.26. The second-order valence-corrected chi connectivity index (χ2v) is 6.32. The number of hydrazine groups is 1. The van der Waals surface area contributed by atoms with Crippen LogP contribution in [0, 0.1) is 0 Å². The van der Waals surface area contributed by atoms with Crippen molar-refractivity contribution >= 4 is 21.3 Å². The standard InChI is InChI=1S/C16H16F3N4O4P/c1-8-4-9(21-22-13(8)26-7-16(17,18)19)5-23-6-11-10(14(23)24)2-3-20-12(11)15(25)27-28/h2-4,21-22H,5-7,28H2,1H3. The molecule has 0 bridgehead atoms. The molecule has 0 radical (unpaired) electrons. The molecular formula is C16H16F3N4O4P. The van der Waals surface area contributed by atoms with Crippen LogP contribution in [0.2, 0.25) is 0 Å². The van der Waals surface area contributed by atoms with Gasteiger partial charge in [-0.05, 0) is 19.1 Å². The second kappa shape index (κ2) is 7.67. The molecule has 2 aliphatic heterocycles. The Morgan fingerprint density at radius 1 is 1.39 bits per heavy atom. The van der Waals surface area contributed by atoms with E-state index in [1.54, 1.807) is 13.0 Å². The summed E-state index contributed by atoms with van der Waals surface area (Å²) in [5, 5.41) is 0. The first kappa shape index (κ1) is 19.9. The molecule has 0 fully saturated rings. The molecule has 3 rings (SSSR count). The van der Waals surface area contributed by atoms with Crippen molar-refractivity contribution in [3.63, 3.8) is 0 Å². The van der Waals surface area contributed by atoms with E-state index in [2.05, 4.69) is 20.4 Å². The molecular weight excluding hydrogens is 400 g/mol. The van der Waals surface area contributed by atoms with Crippen molar-refractivity contribution in [3.05, 3.63) is 52.3 Å². The van der Waals surface area contributed by atoms with Crippen molar-refractivity contribution in [2.45, 2.75) is 19.6 Å². The maximum absolute atomic E-state index is 12.6. The molecule has 1 aromatic rings. The van der Waals surface area contributed by atoms with Gasteiger partial charge in [-0.1, -0.05) is 0 Å². The first-order valence-electron chi connectivity index (χ1n) is 8.01. The highest BCUT2D eigenvalue weighted by atomic mass is 31.0. The maximum Gasteiger partial charge on any atom is 0.422 e. The number of nitrogens with one attached hydrogen (secondary N) is 2. The zero-order valence-electron chi connectivity index (χ0n) is 14.6. The van der Waals surface area contributed by atoms with Gasteiger partial charge in [0.15, 0.2) is 12.3 Å². The molecule has 1 atom stereocenters. The number of alkyl halides is 3. The lowest BCUT2D eigenvalue weighted by Crippen LogP contribution is -2.40. The van der Waals surface area contributed by atoms with Gasteiger partial charge in [-0.3, -0.25) is 10.2 Å². The molecule has 0 spiro atoms. The summed E-state index contributed by atoms with van der Waals surface area (Å²) in [5.74, 6) is -1.01. The molecule has 0 aromatic carbocycles. The molecule has 0 saturated carbocycles. The molecule has 2 N–H and O–H groups in total. The van der Waals surface area contributed by atoms with Gasteiger partial charge in [0.05, 0.1) is 21.7 Å². The molecule has 12 heteroatoms. The minimum Gasteiger partial charge on any atom is -0.468 e. The number of carbonyl (C=O) groups excluding carboxylic acids is 2. The molecule has 1 unspecified atom stereocenters. The fourth-order valence-electron chi connectivity index (χ4n) is 2.84. The van der Waals surface area contributed by atoms with E-state index in [0.717, 1.165) is 0 Å². The van der Waals surface area contributed by atoms with Gasteiger partial charge in [0, 0.05) is 29.4 Å². The second-order valence-electron chi connectivity index (χ2n) is 6.09. The Kier molecular flexibility index (Phi) is 5.46. The Morgan fingerprint density at radius 2 is 2.14 bits per heavy atom. The lowest BCUT2D eigenvalue weighted by atomic mass is 10.1. The summed E-state index contributed by atoms with van der Waals surface area (Å²) in [4.78, 5) is 29.9. The minimum absolute atomic E-state index is 0.0493. The number of amides is 1. The van der Waals surface area contributed by atoms with Crippen molar-refractivity contribution in [2.24, 2.45) is 0 Å². The summed E-state index contributed by atoms with van der Waals surface area (Å²) in [7, 11) is 1.84. The van der Waals surface area contributed by atoms with Crippen LogP contribution in [0.5, 0.6) is 0 Å². The van der Waals surface area contributed by atoms with Gasteiger partial charge in [0.1, 0.15) is 0 Å². The summed E-state index contributed by atoms with van der Waals surface area (Å²) >= 11 is 0. The van der Waals surface area contributed by atoms with Gasteiger partial charge < -0.3 is 19.6 Å². The van der Waals surface area contributed by atoms with E-state index in [9.17, 15) is 22.8 Å². The smallest absolute Gasteiger partial charge is 0.422 e. The van der Waals surface area contributed by atoms with Gasteiger partial charge in [-0.15, -0.1) is 0 Å². The van der Waals surface area contributed by atoms with Crippen molar-refractivity contribution < 1.29 is 32.0 Å².